The normalized spacial score (nSPS) is 23.0. The third-order valence-corrected chi connectivity index (χ3v) is 10.6. The summed E-state index contributed by atoms with van der Waals surface area (Å²) in [6.45, 7) is 11.6. The van der Waals surface area contributed by atoms with Crippen molar-refractivity contribution in [1.29, 1.82) is 0 Å². The maximum Gasteiger partial charge on any atom is 0.334 e. The van der Waals surface area contributed by atoms with Gasteiger partial charge in [-0.2, -0.15) is 0 Å². The van der Waals surface area contributed by atoms with Crippen LogP contribution in [0.5, 0.6) is 0 Å². The zero-order chi connectivity index (χ0) is 38.4. The van der Waals surface area contributed by atoms with Gasteiger partial charge in [-0.05, 0) is 98.3 Å². The van der Waals surface area contributed by atoms with E-state index in [0.29, 0.717) is 57.6 Å². The predicted octanol–water partition coefficient (Wildman–Crippen LogP) is 6.14. The molecule has 6 aliphatic rings. The minimum Gasteiger partial charge on any atom is -0.481 e. The van der Waals surface area contributed by atoms with Gasteiger partial charge in [0.25, 0.3) is 0 Å². The summed E-state index contributed by atoms with van der Waals surface area (Å²) in [5.74, 6) is -3.75. The van der Waals surface area contributed by atoms with E-state index in [1.54, 1.807) is 24.3 Å². The lowest BCUT2D eigenvalue weighted by molar-refractivity contribution is -0.150. The molecule has 2 atom stereocenters. The first-order valence-electron chi connectivity index (χ1n) is 17.1. The molecule has 0 saturated carbocycles. The quantitative estimate of drug-likeness (QED) is 0.219. The lowest BCUT2D eigenvalue weighted by Gasteiger charge is -2.37. The second-order valence-electron chi connectivity index (χ2n) is 13.4. The molecule has 5 heterocycles. The number of carbonyl (C=O) groups is 4. The largest absolute Gasteiger partial charge is 0.481 e. The SMILES string of the molecule is C=CC1=C(C)C2=CC3=NC(=CC4=NC(=CC5=NC(=CC1=N2)C(C)=C5CCC(=O)O)C(CCC(=O)OC)=C4C)C1(C)C3=CC=C(C(=O)OC)C1C(=O)OC. The fourth-order valence-electron chi connectivity index (χ4n) is 7.53. The molecule has 0 spiro atoms. The number of hydrogen-bond donors (Lipinski definition) is 1. The van der Waals surface area contributed by atoms with Crippen molar-refractivity contribution in [2.45, 2.75) is 53.4 Å². The molecular formula is C41H40N4O8. The second kappa shape index (κ2) is 14.2. The van der Waals surface area contributed by atoms with Crippen LogP contribution in [-0.4, -0.2) is 73.2 Å². The maximum absolute atomic E-state index is 13.7. The van der Waals surface area contributed by atoms with Crippen molar-refractivity contribution < 1.29 is 38.5 Å². The molecule has 5 aliphatic heterocycles. The Morgan fingerprint density at radius 1 is 0.755 bits per heavy atom. The molecule has 272 valence electrons. The van der Waals surface area contributed by atoms with Crippen molar-refractivity contribution in [3.63, 3.8) is 0 Å². The Morgan fingerprint density at radius 2 is 1.40 bits per heavy atom. The van der Waals surface area contributed by atoms with Crippen LogP contribution in [-0.2, 0) is 33.4 Å². The standard InChI is InChI=1S/C41H40N4O8/c1-9-23-20(2)29-17-34-27-13-10-26(39(49)52-7)38(40(50)53-8)41(27,5)35(45-34)19-30-22(4)25(12-15-37(48)51-6)33(44-30)18-32-24(11-14-36(46)47)21(3)28(43-32)16-31(23)42-29/h9-10,13,16-19,38H,1,11-12,14-15H2,2-8H3,(H,46,47). The van der Waals surface area contributed by atoms with Gasteiger partial charge in [-0.15, -0.1) is 0 Å². The maximum atomic E-state index is 13.7. The van der Waals surface area contributed by atoms with Crippen LogP contribution in [0, 0.1) is 11.3 Å². The number of ether oxygens (including phenoxy) is 3. The van der Waals surface area contributed by atoms with Gasteiger partial charge < -0.3 is 19.3 Å². The summed E-state index contributed by atoms with van der Waals surface area (Å²) in [5.41, 5.74) is 8.81. The lowest BCUT2D eigenvalue weighted by Crippen LogP contribution is -2.41. The number of rotatable bonds is 9. The molecule has 53 heavy (non-hydrogen) atoms. The summed E-state index contributed by atoms with van der Waals surface area (Å²) < 4.78 is 15.3. The molecule has 6 rings (SSSR count). The Hall–Kier alpha value is -6.04. The van der Waals surface area contributed by atoms with Gasteiger partial charge in [0.1, 0.15) is 5.92 Å². The van der Waals surface area contributed by atoms with E-state index in [0.717, 1.165) is 33.4 Å². The second-order valence-corrected chi connectivity index (χ2v) is 13.4. The smallest absolute Gasteiger partial charge is 0.334 e. The number of hydrogen-bond acceptors (Lipinski definition) is 11. The zero-order valence-electron chi connectivity index (χ0n) is 30.7. The van der Waals surface area contributed by atoms with Crippen molar-refractivity contribution in [2.24, 2.45) is 31.3 Å². The average molecular weight is 717 g/mol. The van der Waals surface area contributed by atoms with Crippen molar-refractivity contribution >= 4 is 46.7 Å². The molecule has 8 bridgehead atoms. The number of fused-ring (bicyclic) bond motifs is 7. The van der Waals surface area contributed by atoms with Crippen molar-refractivity contribution in [3.05, 3.63) is 116 Å². The Labute approximate surface area is 307 Å². The van der Waals surface area contributed by atoms with Gasteiger partial charge in [-0.25, -0.2) is 19.8 Å². The Kier molecular flexibility index (Phi) is 9.83. The van der Waals surface area contributed by atoms with Crippen LogP contribution < -0.4 is 0 Å². The van der Waals surface area contributed by atoms with Gasteiger partial charge in [0.05, 0.1) is 78.0 Å². The highest BCUT2D eigenvalue weighted by Gasteiger charge is 2.55. The van der Waals surface area contributed by atoms with Gasteiger partial charge in [-0.1, -0.05) is 24.8 Å². The Bertz CT molecular complexity index is 2220. The molecule has 12 nitrogen and oxygen atoms in total. The first-order valence-corrected chi connectivity index (χ1v) is 17.1. The predicted molar refractivity (Wildman–Crippen MR) is 200 cm³/mol. The number of methoxy groups -OCH3 is 3. The van der Waals surface area contributed by atoms with Crippen LogP contribution in [0.15, 0.2) is 136 Å². The fraction of sp³-hybridized carbons (Fsp3) is 0.317. The minimum absolute atomic E-state index is 0.0895. The summed E-state index contributed by atoms with van der Waals surface area (Å²) in [6, 6.07) is 0. The Balaban J connectivity index is 1.66. The van der Waals surface area contributed by atoms with Gasteiger partial charge in [0, 0.05) is 18.4 Å². The average Bonchev–Trinajstić information content (AvgIpc) is 3.79. The number of aliphatic carboxylic acids is 1. The van der Waals surface area contributed by atoms with Crippen molar-refractivity contribution in [2.75, 3.05) is 21.3 Å². The molecule has 12 heteroatoms. The molecule has 0 radical (unpaired) electrons. The van der Waals surface area contributed by atoms with Crippen LogP contribution >= 0.6 is 0 Å². The number of allylic oxidation sites excluding steroid dienone is 14. The highest BCUT2D eigenvalue weighted by molar-refractivity contribution is 6.21. The van der Waals surface area contributed by atoms with E-state index < -0.39 is 29.2 Å². The number of carbonyl (C=O) groups excluding carboxylic acids is 3. The van der Waals surface area contributed by atoms with E-state index in [1.807, 2.05) is 45.9 Å². The van der Waals surface area contributed by atoms with Crippen LogP contribution in [0.3, 0.4) is 0 Å². The molecular weight excluding hydrogens is 676 g/mol. The van der Waals surface area contributed by atoms with Crippen molar-refractivity contribution in [1.82, 2.24) is 0 Å². The van der Waals surface area contributed by atoms with Crippen molar-refractivity contribution in [3.8, 4) is 0 Å². The molecule has 0 aromatic heterocycles. The van der Waals surface area contributed by atoms with E-state index in [4.69, 9.17) is 34.2 Å². The fourth-order valence-corrected chi connectivity index (χ4v) is 7.53. The van der Waals surface area contributed by atoms with E-state index in [9.17, 15) is 24.3 Å². The third kappa shape index (κ3) is 6.28. The van der Waals surface area contributed by atoms with E-state index >= 15 is 0 Å². The highest BCUT2D eigenvalue weighted by Crippen LogP contribution is 2.54. The molecule has 0 amide bonds. The summed E-state index contributed by atoms with van der Waals surface area (Å²) in [6.07, 6.45) is 12.9. The van der Waals surface area contributed by atoms with Gasteiger partial charge in [0.2, 0.25) is 0 Å². The van der Waals surface area contributed by atoms with Gasteiger partial charge in [0.15, 0.2) is 0 Å². The number of nitrogens with zero attached hydrogens (tertiary/aromatic N) is 4. The molecule has 0 aromatic rings. The van der Waals surface area contributed by atoms with Crippen LogP contribution in [0.1, 0.15) is 53.4 Å². The van der Waals surface area contributed by atoms with E-state index in [1.165, 1.54) is 21.3 Å². The number of carboxylic acids is 1. The Morgan fingerprint density at radius 3 is 2.06 bits per heavy atom. The molecule has 0 fully saturated rings. The zero-order valence-corrected chi connectivity index (χ0v) is 30.7. The monoisotopic (exact) mass is 716 g/mol. The third-order valence-electron chi connectivity index (χ3n) is 10.6. The molecule has 1 N–H and O–H groups in total. The van der Waals surface area contributed by atoms with E-state index in [-0.39, 0.29) is 30.8 Å². The molecule has 0 aromatic carbocycles. The summed E-state index contributed by atoms with van der Waals surface area (Å²) in [4.78, 5) is 71.0. The molecule has 0 saturated heterocycles. The first-order chi connectivity index (χ1) is 25.3. The minimum atomic E-state index is -1.20. The van der Waals surface area contributed by atoms with Crippen LogP contribution in [0.2, 0.25) is 0 Å². The summed E-state index contributed by atoms with van der Waals surface area (Å²) in [7, 11) is 3.86. The number of carboxylic acid groups (broad SMARTS) is 1. The topological polar surface area (TPSA) is 166 Å². The molecule has 2 unspecified atom stereocenters. The number of aliphatic imine (C=N–C) groups is 4. The summed E-state index contributed by atoms with van der Waals surface area (Å²) >= 11 is 0. The number of esters is 3. The van der Waals surface area contributed by atoms with Crippen LogP contribution in [0.25, 0.3) is 0 Å². The lowest BCUT2D eigenvalue weighted by atomic mass is 9.64. The van der Waals surface area contributed by atoms with Crippen LogP contribution in [0.4, 0.5) is 0 Å². The van der Waals surface area contributed by atoms with E-state index in [2.05, 4.69) is 6.58 Å². The molecule has 1 aliphatic carbocycles. The first kappa shape index (κ1) is 36.7. The highest BCUT2D eigenvalue weighted by atomic mass is 16.5. The summed E-state index contributed by atoms with van der Waals surface area (Å²) in [5, 5.41) is 9.60. The van der Waals surface area contributed by atoms with Gasteiger partial charge >= 0.3 is 23.9 Å². The van der Waals surface area contributed by atoms with Gasteiger partial charge in [-0.3, -0.25) is 19.4 Å².